The summed E-state index contributed by atoms with van der Waals surface area (Å²) < 4.78 is 41.0. The number of hydrogen-bond acceptors (Lipinski definition) is 1. The van der Waals surface area contributed by atoms with Crippen molar-refractivity contribution in [2.75, 3.05) is 5.32 Å². The number of nitrogens with one attached hydrogen (secondary N) is 1. The first-order valence-electron chi connectivity index (χ1n) is 6.55. The van der Waals surface area contributed by atoms with Gasteiger partial charge in [0.05, 0.1) is 11.7 Å². The number of halogens is 3. The molecule has 1 nitrogen and oxygen atoms in total. The van der Waals surface area contributed by atoms with Crippen LogP contribution in [-0.4, -0.2) is 0 Å². The topological polar surface area (TPSA) is 12.0 Å². The molecular weight excluding hydrogens is 263 g/mol. The number of hydrogen-bond donors (Lipinski definition) is 1. The van der Waals surface area contributed by atoms with Crippen molar-refractivity contribution in [2.24, 2.45) is 0 Å². The van der Waals surface area contributed by atoms with E-state index in [-0.39, 0.29) is 23.1 Å². The molecule has 0 saturated carbocycles. The summed E-state index contributed by atoms with van der Waals surface area (Å²) >= 11 is 0. The van der Waals surface area contributed by atoms with Crippen LogP contribution in [-0.2, 0) is 6.42 Å². The van der Waals surface area contributed by atoms with E-state index in [4.69, 9.17) is 0 Å². The van der Waals surface area contributed by atoms with E-state index in [2.05, 4.69) is 5.32 Å². The molecule has 0 amide bonds. The average Bonchev–Trinajstić information content (AvgIpc) is 2.81. The summed E-state index contributed by atoms with van der Waals surface area (Å²) in [6, 6.07) is 7.03. The van der Waals surface area contributed by atoms with Crippen LogP contribution in [0, 0.1) is 24.4 Å². The molecule has 0 aromatic heterocycles. The van der Waals surface area contributed by atoms with E-state index in [0.717, 1.165) is 11.6 Å². The van der Waals surface area contributed by atoms with Crippen LogP contribution >= 0.6 is 0 Å². The quantitative estimate of drug-likeness (QED) is 0.851. The van der Waals surface area contributed by atoms with E-state index >= 15 is 0 Å². The molecule has 2 aromatic rings. The minimum absolute atomic E-state index is 0.121. The second-order valence-corrected chi connectivity index (χ2v) is 5.12. The van der Waals surface area contributed by atoms with Gasteiger partial charge >= 0.3 is 0 Å². The van der Waals surface area contributed by atoms with Crippen LogP contribution in [0.1, 0.15) is 29.2 Å². The molecule has 0 bridgehead atoms. The lowest BCUT2D eigenvalue weighted by atomic mass is 10.1. The summed E-state index contributed by atoms with van der Waals surface area (Å²) in [6.07, 6.45) is 1.28. The SMILES string of the molecule is Cc1cc(F)c(NC2CCc3c(F)cccc32)cc1F. The third-order valence-electron chi connectivity index (χ3n) is 3.79. The first kappa shape index (κ1) is 13.0. The van der Waals surface area contributed by atoms with Gasteiger partial charge in [-0.1, -0.05) is 12.1 Å². The highest BCUT2D eigenvalue weighted by Gasteiger charge is 2.25. The second kappa shape index (κ2) is 4.85. The van der Waals surface area contributed by atoms with E-state index in [1.54, 1.807) is 6.07 Å². The molecule has 1 N–H and O–H groups in total. The molecule has 0 aliphatic heterocycles. The fraction of sp³-hybridized carbons (Fsp3) is 0.250. The Labute approximate surface area is 115 Å². The van der Waals surface area contributed by atoms with Gasteiger partial charge in [-0.25, -0.2) is 13.2 Å². The van der Waals surface area contributed by atoms with Gasteiger partial charge in [-0.05, 0) is 48.6 Å². The fourth-order valence-corrected chi connectivity index (χ4v) is 2.70. The number of anilines is 1. The van der Waals surface area contributed by atoms with Crippen molar-refractivity contribution in [1.82, 2.24) is 0 Å². The van der Waals surface area contributed by atoms with E-state index < -0.39 is 11.6 Å². The van der Waals surface area contributed by atoms with E-state index in [0.29, 0.717) is 18.4 Å². The second-order valence-electron chi connectivity index (χ2n) is 5.12. The Morgan fingerprint density at radius 3 is 2.65 bits per heavy atom. The Bertz CT molecular complexity index is 667. The summed E-state index contributed by atoms with van der Waals surface area (Å²) in [5.74, 6) is -1.18. The molecular formula is C16H14F3N. The van der Waals surface area contributed by atoms with Crippen LogP contribution < -0.4 is 5.32 Å². The molecule has 1 unspecified atom stereocenters. The average molecular weight is 277 g/mol. The Kier molecular flexibility index (Phi) is 3.16. The maximum absolute atomic E-state index is 13.8. The van der Waals surface area contributed by atoms with Gasteiger partial charge in [-0.3, -0.25) is 0 Å². The zero-order valence-corrected chi connectivity index (χ0v) is 11.0. The van der Waals surface area contributed by atoms with Crippen LogP contribution in [0.5, 0.6) is 0 Å². The van der Waals surface area contributed by atoms with Crippen molar-refractivity contribution >= 4 is 5.69 Å². The zero-order chi connectivity index (χ0) is 14.3. The van der Waals surface area contributed by atoms with Crippen LogP contribution in [0.4, 0.5) is 18.9 Å². The van der Waals surface area contributed by atoms with Gasteiger partial charge in [0.1, 0.15) is 17.5 Å². The van der Waals surface area contributed by atoms with Crippen LogP contribution in [0.25, 0.3) is 0 Å². The molecule has 1 aliphatic rings. The summed E-state index contributed by atoms with van der Waals surface area (Å²) in [5.41, 5.74) is 1.88. The van der Waals surface area contributed by atoms with Crippen LogP contribution in [0.2, 0.25) is 0 Å². The van der Waals surface area contributed by atoms with Gasteiger partial charge in [-0.15, -0.1) is 0 Å². The predicted octanol–water partition coefficient (Wildman–Crippen LogP) is 4.51. The summed E-state index contributed by atoms with van der Waals surface area (Å²) in [4.78, 5) is 0. The highest BCUT2D eigenvalue weighted by molar-refractivity contribution is 5.51. The van der Waals surface area contributed by atoms with Crippen molar-refractivity contribution in [2.45, 2.75) is 25.8 Å². The van der Waals surface area contributed by atoms with Crippen LogP contribution in [0.15, 0.2) is 30.3 Å². The summed E-state index contributed by atoms with van der Waals surface area (Å²) in [5, 5.41) is 2.98. The predicted molar refractivity (Wildman–Crippen MR) is 72.2 cm³/mol. The number of aryl methyl sites for hydroxylation is 1. The molecule has 0 radical (unpaired) electrons. The van der Waals surface area contributed by atoms with Crippen molar-refractivity contribution in [3.8, 4) is 0 Å². The maximum Gasteiger partial charge on any atom is 0.146 e. The minimum atomic E-state index is -0.492. The lowest BCUT2D eigenvalue weighted by Gasteiger charge is -2.16. The highest BCUT2D eigenvalue weighted by atomic mass is 19.1. The molecule has 20 heavy (non-hydrogen) atoms. The molecule has 0 fully saturated rings. The van der Waals surface area contributed by atoms with Crippen molar-refractivity contribution in [3.05, 3.63) is 64.5 Å². The molecule has 4 heteroatoms. The largest absolute Gasteiger partial charge is 0.376 e. The summed E-state index contributed by atoms with van der Waals surface area (Å²) in [7, 11) is 0. The molecule has 2 aromatic carbocycles. The Morgan fingerprint density at radius 1 is 1.05 bits per heavy atom. The molecule has 104 valence electrons. The van der Waals surface area contributed by atoms with E-state index in [1.807, 2.05) is 6.07 Å². The van der Waals surface area contributed by atoms with Gasteiger partial charge in [0.15, 0.2) is 0 Å². The fourth-order valence-electron chi connectivity index (χ4n) is 2.70. The third kappa shape index (κ3) is 2.15. The zero-order valence-electron chi connectivity index (χ0n) is 11.0. The lowest BCUT2D eigenvalue weighted by Crippen LogP contribution is -2.09. The van der Waals surface area contributed by atoms with Gasteiger partial charge in [0.25, 0.3) is 0 Å². The van der Waals surface area contributed by atoms with Gasteiger partial charge < -0.3 is 5.32 Å². The number of fused-ring (bicyclic) bond motifs is 1. The maximum atomic E-state index is 13.8. The highest BCUT2D eigenvalue weighted by Crippen LogP contribution is 2.36. The van der Waals surface area contributed by atoms with Gasteiger partial charge in [0, 0.05) is 6.07 Å². The van der Waals surface area contributed by atoms with Crippen LogP contribution in [0.3, 0.4) is 0 Å². The molecule has 0 spiro atoms. The Balaban J connectivity index is 1.91. The standard InChI is InChI=1S/C16H14F3N/c1-9-7-14(19)16(8-13(9)18)20-15-6-5-10-11(15)3-2-4-12(10)17/h2-4,7-8,15,20H,5-6H2,1H3. The van der Waals surface area contributed by atoms with Crippen molar-refractivity contribution < 1.29 is 13.2 Å². The number of rotatable bonds is 2. The molecule has 0 heterocycles. The lowest BCUT2D eigenvalue weighted by molar-refractivity contribution is 0.591. The molecule has 1 aliphatic carbocycles. The van der Waals surface area contributed by atoms with Gasteiger partial charge in [-0.2, -0.15) is 0 Å². The molecule has 0 saturated heterocycles. The molecule has 1 atom stereocenters. The smallest absolute Gasteiger partial charge is 0.146 e. The first-order valence-corrected chi connectivity index (χ1v) is 6.55. The summed E-state index contributed by atoms with van der Waals surface area (Å²) in [6.45, 7) is 1.52. The monoisotopic (exact) mass is 277 g/mol. The number of benzene rings is 2. The first-order chi connectivity index (χ1) is 9.56. The van der Waals surface area contributed by atoms with Crippen molar-refractivity contribution in [1.29, 1.82) is 0 Å². The minimum Gasteiger partial charge on any atom is -0.376 e. The van der Waals surface area contributed by atoms with E-state index in [1.165, 1.54) is 19.1 Å². The van der Waals surface area contributed by atoms with Gasteiger partial charge in [0.2, 0.25) is 0 Å². The van der Waals surface area contributed by atoms with E-state index in [9.17, 15) is 13.2 Å². The Hall–Kier alpha value is -1.97. The third-order valence-corrected chi connectivity index (χ3v) is 3.79. The molecule has 3 rings (SSSR count). The normalized spacial score (nSPS) is 17.1. The Morgan fingerprint density at radius 2 is 1.85 bits per heavy atom. The van der Waals surface area contributed by atoms with Crippen molar-refractivity contribution in [3.63, 3.8) is 0 Å².